The van der Waals surface area contributed by atoms with E-state index in [9.17, 15) is 26.3 Å². The van der Waals surface area contributed by atoms with Gasteiger partial charge in [-0.3, -0.25) is 4.70 Å². The van der Waals surface area contributed by atoms with Gasteiger partial charge in [-0.15, -0.1) is 0 Å². The molecule has 3 N–H and O–H groups in total. The molecule has 3 aromatic carbocycles. The summed E-state index contributed by atoms with van der Waals surface area (Å²) in [6.45, 7) is 1.44. The molecule has 0 aliphatic rings. The first-order valence-corrected chi connectivity index (χ1v) is 8.79. The highest BCUT2D eigenvalue weighted by molar-refractivity contribution is 5.44. The summed E-state index contributed by atoms with van der Waals surface area (Å²) in [5.41, 5.74) is -0.967. The highest BCUT2D eigenvalue weighted by Crippen LogP contribution is 2.41. The van der Waals surface area contributed by atoms with E-state index in [-0.39, 0.29) is 10.5 Å². The lowest BCUT2D eigenvalue weighted by Crippen LogP contribution is -2.22. The zero-order valence-corrected chi connectivity index (χ0v) is 16.9. The molecule has 33 heavy (non-hydrogen) atoms. The number of alkyl halides is 3. The first kappa shape index (κ1) is 29.2. The zero-order valence-electron chi connectivity index (χ0n) is 16.9. The van der Waals surface area contributed by atoms with Crippen molar-refractivity contribution in [3.05, 3.63) is 89.2 Å². The molecule has 0 atom stereocenters. The first-order chi connectivity index (χ1) is 14.9. The van der Waals surface area contributed by atoms with E-state index in [0.717, 1.165) is 30.6 Å². The number of carbonyl (C=O) groups is 1. The molecule has 0 spiro atoms. The molecule has 3 rings (SSSR count). The Morgan fingerprint density at radius 2 is 1.09 bits per heavy atom. The lowest BCUT2D eigenvalue weighted by molar-refractivity contribution is -0.141. The van der Waals surface area contributed by atoms with E-state index in [2.05, 4.69) is 0 Å². The predicted molar refractivity (Wildman–Crippen MR) is 106 cm³/mol. The fraction of sp³-hybridized carbons (Fsp3) is 0.136. The molecule has 4 nitrogen and oxygen atoms in total. The molecule has 0 amide bonds. The van der Waals surface area contributed by atoms with Gasteiger partial charge in [0.2, 0.25) is 0 Å². The summed E-state index contributed by atoms with van der Waals surface area (Å²) < 4.78 is 78.1. The molecule has 180 valence electrons. The van der Waals surface area contributed by atoms with Crippen LogP contribution in [0.5, 0.6) is 17.2 Å². The predicted octanol–water partition coefficient (Wildman–Crippen LogP) is 5.96. The van der Waals surface area contributed by atoms with E-state index in [1.807, 2.05) is 0 Å². The molecule has 0 heterocycles. The standard InChI is InChI=1S/C14H9F5O2.C6H5FO.C2H4O.FH/c15-9-5-7(1-3-11(9)20)13(14(17,18)19)8-2-4-12(21)10(16)6-8;7-5-3-1-2-4-6(5)8;1-2-3;/h1-6,13,20-21H;1-4,8H;2H,1H3;1H. The van der Waals surface area contributed by atoms with Gasteiger partial charge in [-0.1, -0.05) is 24.3 Å². The van der Waals surface area contributed by atoms with Crippen molar-refractivity contribution in [2.45, 2.75) is 19.0 Å². The normalized spacial score (nSPS) is 10.2. The van der Waals surface area contributed by atoms with Crippen molar-refractivity contribution in [3.63, 3.8) is 0 Å². The van der Waals surface area contributed by atoms with Gasteiger partial charge in [-0.05, 0) is 54.4 Å². The lowest BCUT2D eigenvalue weighted by atomic mass is 9.90. The van der Waals surface area contributed by atoms with Crippen LogP contribution in [0, 0.1) is 17.5 Å². The van der Waals surface area contributed by atoms with Crippen molar-refractivity contribution in [2.24, 2.45) is 0 Å². The van der Waals surface area contributed by atoms with Crippen molar-refractivity contribution >= 4 is 6.29 Å². The molecule has 0 unspecified atom stereocenters. The van der Waals surface area contributed by atoms with Crippen LogP contribution in [0.4, 0.5) is 31.0 Å². The Morgan fingerprint density at radius 3 is 1.36 bits per heavy atom. The Labute approximate surface area is 183 Å². The Balaban J connectivity index is 0.000000710. The third kappa shape index (κ3) is 8.71. The second-order valence-electron chi connectivity index (χ2n) is 6.08. The van der Waals surface area contributed by atoms with Gasteiger partial charge in [-0.25, -0.2) is 13.2 Å². The van der Waals surface area contributed by atoms with Gasteiger partial charge in [0.1, 0.15) is 12.2 Å². The van der Waals surface area contributed by atoms with Crippen LogP contribution in [0.15, 0.2) is 60.7 Å². The molecule has 0 saturated carbocycles. The Hall–Kier alpha value is -3.76. The SMILES string of the molecule is CC=O.F.Oc1ccc(C(c2ccc(O)c(F)c2)C(F)(F)F)cc1F.Oc1ccccc1F. The minimum Gasteiger partial charge on any atom is -0.505 e. The van der Waals surface area contributed by atoms with E-state index in [1.54, 1.807) is 6.07 Å². The number of carbonyl (C=O) groups excluding carboxylic acids is 1. The number of benzene rings is 3. The summed E-state index contributed by atoms with van der Waals surface area (Å²) in [5, 5.41) is 26.6. The zero-order chi connectivity index (χ0) is 24.5. The number of aromatic hydroxyl groups is 3. The first-order valence-electron chi connectivity index (χ1n) is 8.79. The van der Waals surface area contributed by atoms with E-state index in [1.165, 1.54) is 25.1 Å². The topological polar surface area (TPSA) is 77.8 Å². The maximum absolute atomic E-state index is 13.3. The van der Waals surface area contributed by atoms with E-state index < -0.39 is 52.2 Å². The maximum Gasteiger partial charge on any atom is 0.399 e. The third-order valence-electron chi connectivity index (χ3n) is 3.79. The van der Waals surface area contributed by atoms with Crippen molar-refractivity contribution in [1.29, 1.82) is 0 Å². The number of halogens is 7. The summed E-state index contributed by atoms with van der Waals surface area (Å²) in [7, 11) is 0. The van der Waals surface area contributed by atoms with Gasteiger partial charge in [0.15, 0.2) is 34.7 Å². The Bertz CT molecular complexity index is 967. The van der Waals surface area contributed by atoms with E-state index >= 15 is 0 Å². The number of aldehydes is 1. The average Bonchev–Trinajstić information content (AvgIpc) is 2.70. The van der Waals surface area contributed by atoms with E-state index in [4.69, 9.17) is 20.1 Å². The quantitative estimate of drug-likeness (QED) is 0.313. The van der Waals surface area contributed by atoms with Crippen LogP contribution in [-0.2, 0) is 4.79 Å². The highest BCUT2D eigenvalue weighted by atomic mass is 19.4. The average molecular weight is 480 g/mol. The Kier molecular flexibility index (Phi) is 11.5. The van der Waals surface area contributed by atoms with Crippen LogP contribution in [0.25, 0.3) is 0 Å². The fourth-order valence-electron chi connectivity index (χ4n) is 2.43. The van der Waals surface area contributed by atoms with Gasteiger partial charge >= 0.3 is 6.18 Å². The smallest absolute Gasteiger partial charge is 0.399 e. The number of hydrogen-bond donors (Lipinski definition) is 3. The molecule has 11 heteroatoms. The van der Waals surface area contributed by atoms with Crippen molar-refractivity contribution in [3.8, 4) is 17.2 Å². The van der Waals surface area contributed by atoms with Gasteiger partial charge in [0.25, 0.3) is 0 Å². The van der Waals surface area contributed by atoms with Gasteiger partial charge in [0, 0.05) is 0 Å². The third-order valence-corrected chi connectivity index (χ3v) is 3.79. The molecule has 3 aromatic rings. The van der Waals surface area contributed by atoms with Crippen LogP contribution in [-0.4, -0.2) is 27.8 Å². The summed E-state index contributed by atoms with van der Waals surface area (Å²) in [6.07, 6.45) is -4.05. The summed E-state index contributed by atoms with van der Waals surface area (Å²) >= 11 is 0. The van der Waals surface area contributed by atoms with Gasteiger partial charge < -0.3 is 20.1 Å². The number of hydrogen-bond acceptors (Lipinski definition) is 4. The molecule has 0 bridgehead atoms. The number of phenols is 3. The molecule has 0 aliphatic carbocycles. The molecular formula is C22H19F7O4. The summed E-state index contributed by atoms with van der Waals surface area (Å²) in [6, 6.07) is 10.1. The number of para-hydroxylation sites is 1. The highest BCUT2D eigenvalue weighted by Gasteiger charge is 2.42. The maximum atomic E-state index is 13.3. The fourth-order valence-corrected chi connectivity index (χ4v) is 2.43. The molecule has 0 fully saturated rings. The van der Waals surface area contributed by atoms with Crippen LogP contribution in [0.1, 0.15) is 24.0 Å². The van der Waals surface area contributed by atoms with Gasteiger partial charge in [0.05, 0.1) is 0 Å². The van der Waals surface area contributed by atoms with Crippen LogP contribution in [0.2, 0.25) is 0 Å². The largest absolute Gasteiger partial charge is 0.505 e. The molecule has 0 radical (unpaired) electrons. The summed E-state index contributed by atoms with van der Waals surface area (Å²) in [4.78, 5) is 8.81. The number of phenolic OH excluding ortho intramolecular Hbond substituents is 3. The van der Waals surface area contributed by atoms with Crippen LogP contribution >= 0.6 is 0 Å². The minimum atomic E-state index is -4.80. The molecule has 0 saturated heterocycles. The molecular weight excluding hydrogens is 461 g/mol. The van der Waals surface area contributed by atoms with E-state index in [0.29, 0.717) is 12.1 Å². The monoisotopic (exact) mass is 480 g/mol. The Morgan fingerprint density at radius 1 is 0.727 bits per heavy atom. The lowest BCUT2D eigenvalue weighted by Gasteiger charge is -2.21. The van der Waals surface area contributed by atoms with Crippen molar-refractivity contribution < 1.29 is 51.2 Å². The number of rotatable bonds is 2. The summed E-state index contributed by atoms with van der Waals surface area (Å²) in [5.74, 6) is -7.13. The van der Waals surface area contributed by atoms with Crippen LogP contribution in [0.3, 0.4) is 0 Å². The minimum absolute atomic E-state index is 0. The second kappa shape index (κ2) is 12.9. The van der Waals surface area contributed by atoms with Gasteiger partial charge in [-0.2, -0.15) is 13.2 Å². The van der Waals surface area contributed by atoms with Crippen molar-refractivity contribution in [2.75, 3.05) is 0 Å². The second-order valence-corrected chi connectivity index (χ2v) is 6.08. The van der Waals surface area contributed by atoms with Crippen LogP contribution < -0.4 is 0 Å². The van der Waals surface area contributed by atoms with Crippen molar-refractivity contribution in [1.82, 2.24) is 0 Å². The molecule has 0 aromatic heterocycles. The molecule has 0 aliphatic heterocycles.